The molecular weight excluding hydrogens is 434 g/mol. The van der Waals surface area contributed by atoms with E-state index in [1.54, 1.807) is 19.2 Å². The van der Waals surface area contributed by atoms with Gasteiger partial charge in [0.05, 0.1) is 12.7 Å². The fourth-order valence-electron chi connectivity index (χ4n) is 5.69. The second-order valence-electron chi connectivity index (χ2n) is 10.5. The molecule has 0 bridgehead atoms. The number of unbranched alkanes of at least 4 members (excludes halogenated alkanes) is 3. The average Bonchev–Trinajstić information content (AvgIpc) is 2.86. The van der Waals surface area contributed by atoms with Crippen molar-refractivity contribution in [1.82, 2.24) is 0 Å². The Morgan fingerprint density at radius 3 is 2.21 bits per heavy atom. The zero-order valence-electron chi connectivity index (χ0n) is 21.5. The highest BCUT2D eigenvalue weighted by Crippen LogP contribution is 2.38. The van der Waals surface area contributed by atoms with Crippen molar-refractivity contribution in [1.29, 1.82) is 0 Å². The lowest BCUT2D eigenvalue weighted by atomic mass is 9.80. The normalized spacial score (nSPS) is 25.4. The maximum Gasteiger partial charge on any atom is 0.200 e. The van der Waals surface area contributed by atoms with E-state index in [2.05, 4.69) is 6.92 Å². The summed E-state index contributed by atoms with van der Waals surface area (Å²) in [7, 11) is 1.71. The molecule has 0 aromatic heterocycles. The van der Waals surface area contributed by atoms with Gasteiger partial charge in [-0.25, -0.2) is 4.39 Å². The van der Waals surface area contributed by atoms with Crippen molar-refractivity contribution in [3.8, 4) is 5.75 Å². The van der Waals surface area contributed by atoms with Gasteiger partial charge in [0, 0.05) is 20.3 Å². The fourth-order valence-corrected chi connectivity index (χ4v) is 5.69. The molecule has 5 heteroatoms. The molecule has 0 spiro atoms. The second kappa shape index (κ2) is 15.0. The minimum atomic E-state index is -0.817. The molecule has 0 heterocycles. The zero-order chi connectivity index (χ0) is 24.2. The number of ether oxygens (including phenoxy) is 3. The molecule has 0 aliphatic heterocycles. The number of rotatable bonds is 14. The van der Waals surface area contributed by atoms with Crippen LogP contribution >= 0.6 is 0 Å². The fraction of sp³-hybridized carbons (Fsp3) is 0.793. The van der Waals surface area contributed by atoms with E-state index >= 15 is 0 Å². The molecule has 2 fully saturated rings. The SMILES string of the molecule is CCCCCC1CCC(COc2ccc(C3CCC(OCCCCOC)CC3)c(F)c2F)CC1. The lowest BCUT2D eigenvalue weighted by Crippen LogP contribution is -2.22. The standard InChI is InChI=1S/C29H46F2O3/c1-3-4-5-8-22-9-11-23(12-10-22)21-34-27-18-17-26(28(30)29(27)31)24-13-15-25(16-14-24)33-20-7-6-19-32-2/h17-18,22-25H,3-16,19-21H2,1-2H3. The summed E-state index contributed by atoms with van der Waals surface area (Å²) in [6.45, 7) is 4.25. The quantitative estimate of drug-likeness (QED) is 0.251. The molecule has 194 valence electrons. The third-order valence-electron chi connectivity index (χ3n) is 7.94. The molecule has 0 saturated heterocycles. The van der Waals surface area contributed by atoms with Gasteiger partial charge < -0.3 is 14.2 Å². The summed E-state index contributed by atoms with van der Waals surface area (Å²) in [5.41, 5.74) is 0.496. The van der Waals surface area contributed by atoms with Gasteiger partial charge in [0.2, 0.25) is 5.82 Å². The van der Waals surface area contributed by atoms with Crippen LogP contribution in [0.1, 0.15) is 108 Å². The van der Waals surface area contributed by atoms with Gasteiger partial charge in [0.25, 0.3) is 0 Å². The van der Waals surface area contributed by atoms with Crippen molar-refractivity contribution in [3.05, 3.63) is 29.3 Å². The Morgan fingerprint density at radius 1 is 0.794 bits per heavy atom. The smallest absolute Gasteiger partial charge is 0.200 e. The predicted molar refractivity (Wildman–Crippen MR) is 134 cm³/mol. The van der Waals surface area contributed by atoms with Gasteiger partial charge in [0.1, 0.15) is 0 Å². The summed E-state index contributed by atoms with van der Waals surface area (Å²) >= 11 is 0. The lowest BCUT2D eigenvalue weighted by Gasteiger charge is -2.30. The Balaban J connectivity index is 1.40. The average molecular weight is 481 g/mol. The third-order valence-corrected chi connectivity index (χ3v) is 7.94. The van der Waals surface area contributed by atoms with E-state index in [1.807, 2.05) is 0 Å². The largest absolute Gasteiger partial charge is 0.490 e. The van der Waals surface area contributed by atoms with Gasteiger partial charge in [-0.05, 0) is 80.8 Å². The van der Waals surface area contributed by atoms with Gasteiger partial charge in [-0.1, -0.05) is 51.5 Å². The van der Waals surface area contributed by atoms with Crippen LogP contribution in [0.4, 0.5) is 8.78 Å². The highest BCUT2D eigenvalue weighted by Gasteiger charge is 2.27. The van der Waals surface area contributed by atoms with Crippen LogP contribution in [0.25, 0.3) is 0 Å². The maximum absolute atomic E-state index is 14.9. The van der Waals surface area contributed by atoms with Gasteiger partial charge in [0.15, 0.2) is 11.6 Å². The topological polar surface area (TPSA) is 27.7 Å². The highest BCUT2D eigenvalue weighted by atomic mass is 19.2. The number of halogens is 2. The monoisotopic (exact) mass is 480 g/mol. The molecule has 0 radical (unpaired) electrons. The van der Waals surface area contributed by atoms with Crippen LogP contribution in [0.5, 0.6) is 5.75 Å². The summed E-state index contributed by atoms with van der Waals surface area (Å²) in [5, 5.41) is 0. The Hall–Kier alpha value is -1.20. The second-order valence-corrected chi connectivity index (χ2v) is 10.5. The first-order chi connectivity index (χ1) is 16.6. The summed E-state index contributed by atoms with van der Waals surface area (Å²) < 4.78 is 46.6. The summed E-state index contributed by atoms with van der Waals surface area (Å²) in [4.78, 5) is 0. The molecule has 2 aliphatic carbocycles. The molecule has 0 N–H and O–H groups in total. The van der Waals surface area contributed by atoms with E-state index in [4.69, 9.17) is 14.2 Å². The van der Waals surface area contributed by atoms with Crippen LogP contribution < -0.4 is 4.74 Å². The first kappa shape index (κ1) is 27.4. The predicted octanol–water partition coefficient (Wildman–Crippen LogP) is 8.20. The van der Waals surface area contributed by atoms with Crippen LogP contribution in [0.15, 0.2) is 12.1 Å². The molecule has 1 aromatic rings. The van der Waals surface area contributed by atoms with Crippen molar-refractivity contribution >= 4 is 0 Å². The van der Waals surface area contributed by atoms with Gasteiger partial charge in [-0.15, -0.1) is 0 Å². The van der Waals surface area contributed by atoms with Crippen molar-refractivity contribution in [3.63, 3.8) is 0 Å². The van der Waals surface area contributed by atoms with E-state index in [1.165, 1.54) is 38.5 Å². The van der Waals surface area contributed by atoms with E-state index in [9.17, 15) is 8.78 Å². The van der Waals surface area contributed by atoms with Gasteiger partial charge >= 0.3 is 0 Å². The molecule has 2 saturated carbocycles. The van der Waals surface area contributed by atoms with E-state index in [0.717, 1.165) is 70.5 Å². The van der Waals surface area contributed by atoms with Crippen molar-refractivity contribution < 1.29 is 23.0 Å². The Bertz CT molecular complexity index is 695. The first-order valence-corrected chi connectivity index (χ1v) is 13.8. The Morgan fingerprint density at radius 2 is 1.50 bits per heavy atom. The molecule has 2 aliphatic rings. The maximum atomic E-state index is 14.9. The molecule has 0 unspecified atom stereocenters. The minimum Gasteiger partial charge on any atom is -0.490 e. The van der Waals surface area contributed by atoms with Crippen molar-refractivity contribution in [2.75, 3.05) is 26.9 Å². The van der Waals surface area contributed by atoms with Gasteiger partial charge in [-0.3, -0.25) is 0 Å². The number of benzene rings is 1. The number of methoxy groups -OCH3 is 1. The summed E-state index contributed by atoms with van der Waals surface area (Å²) in [6.07, 6.45) is 15.7. The first-order valence-electron chi connectivity index (χ1n) is 13.8. The minimum absolute atomic E-state index is 0.0554. The summed E-state index contributed by atoms with van der Waals surface area (Å²) in [6, 6.07) is 3.39. The van der Waals surface area contributed by atoms with E-state index in [-0.39, 0.29) is 17.8 Å². The van der Waals surface area contributed by atoms with Crippen LogP contribution in [-0.2, 0) is 9.47 Å². The van der Waals surface area contributed by atoms with E-state index < -0.39 is 11.6 Å². The molecule has 34 heavy (non-hydrogen) atoms. The van der Waals surface area contributed by atoms with Gasteiger partial charge in [-0.2, -0.15) is 4.39 Å². The molecule has 0 atom stereocenters. The molecule has 1 aromatic carbocycles. The van der Waals surface area contributed by atoms with Crippen LogP contribution in [0, 0.1) is 23.5 Å². The molecule has 0 amide bonds. The Labute approximate surface area is 205 Å². The van der Waals surface area contributed by atoms with Crippen LogP contribution in [0.2, 0.25) is 0 Å². The highest BCUT2D eigenvalue weighted by molar-refractivity contribution is 5.33. The van der Waals surface area contributed by atoms with Crippen LogP contribution in [0.3, 0.4) is 0 Å². The number of hydrogen-bond acceptors (Lipinski definition) is 3. The third kappa shape index (κ3) is 8.48. The lowest BCUT2D eigenvalue weighted by molar-refractivity contribution is 0.0202. The van der Waals surface area contributed by atoms with Crippen LogP contribution in [-0.4, -0.2) is 33.0 Å². The van der Waals surface area contributed by atoms with Crippen molar-refractivity contribution in [2.45, 2.75) is 109 Å². The Kier molecular flexibility index (Phi) is 12.1. The molecular formula is C29H46F2O3. The zero-order valence-corrected chi connectivity index (χ0v) is 21.5. The van der Waals surface area contributed by atoms with E-state index in [0.29, 0.717) is 18.1 Å². The van der Waals surface area contributed by atoms with Crippen molar-refractivity contribution in [2.24, 2.45) is 11.8 Å². The number of hydrogen-bond donors (Lipinski definition) is 0. The molecule has 3 rings (SSSR count). The summed E-state index contributed by atoms with van der Waals surface area (Å²) in [5.74, 6) is -0.121. The molecule has 3 nitrogen and oxygen atoms in total.